The predicted octanol–water partition coefficient (Wildman–Crippen LogP) is 2.74. The third-order valence-electron chi connectivity index (χ3n) is 4.58. The van der Waals surface area contributed by atoms with E-state index in [2.05, 4.69) is 15.7 Å². The number of nitrogens with one attached hydrogen (secondary N) is 2. The number of aromatic nitrogens is 3. The molecule has 31 heavy (non-hydrogen) atoms. The summed E-state index contributed by atoms with van der Waals surface area (Å²) in [6.07, 6.45) is 0. The van der Waals surface area contributed by atoms with Gasteiger partial charge in [-0.15, -0.1) is 0 Å². The minimum absolute atomic E-state index is 0.0673. The number of hydrogen-bond acceptors (Lipinski definition) is 6. The molecular formula is C20H20N6O4S. The molecule has 0 fully saturated rings. The van der Waals surface area contributed by atoms with Crippen LogP contribution < -0.4 is 10.6 Å². The second-order valence-corrected chi connectivity index (χ2v) is 7.13. The molecule has 0 saturated heterocycles. The topological polar surface area (TPSA) is 124 Å². The maximum absolute atomic E-state index is 12.4. The van der Waals surface area contributed by atoms with Crippen LogP contribution in [0.2, 0.25) is 0 Å². The number of non-ortho nitro benzene ring substituents is 1. The van der Waals surface area contributed by atoms with Gasteiger partial charge < -0.3 is 15.2 Å². The van der Waals surface area contributed by atoms with Gasteiger partial charge in [0.05, 0.1) is 11.5 Å². The quantitative estimate of drug-likeness (QED) is 0.331. The summed E-state index contributed by atoms with van der Waals surface area (Å²) in [5.74, 6) is -0.122. The zero-order chi connectivity index (χ0) is 22.5. The number of amides is 2. The van der Waals surface area contributed by atoms with Crippen molar-refractivity contribution in [2.45, 2.75) is 20.0 Å². The summed E-state index contributed by atoms with van der Waals surface area (Å²) in [4.78, 5) is 34.9. The Kier molecular flexibility index (Phi) is 6.55. The lowest BCUT2D eigenvalue weighted by atomic mass is 10.1. The highest BCUT2D eigenvalue weighted by atomic mass is 32.1. The number of nitro benzene ring substituents is 1. The highest BCUT2D eigenvalue weighted by Gasteiger charge is 2.14. The molecular weight excluding hydrogens is 420 g/mol. The predicted molar refractivity (Wildman–Crippen MR) is 116 cm³/mol. The Morgan fingerprint density at radius 3 is 2.48 bits per heavy atom. The largest absolute Gasteiger partial charge is 0.345 e. The fourth-order valence-electron chi connectivity index (χ4n) is 2.87. The van der Waals surface area contributed by atoms with E-state index in [0.717, 1.165) is 5.56 Å². The van der Waals surface area contributed by atoms with Gasteiger partial charge in [-0.3, -0.25) is 19.7 Å². The SMILES string of the molecule is Cc1ccccc1C(=O)NCc1nn(CC(=O)Nc2ccc([N+](=O)[O-])cc2)c(=S)n1C. The van der Waals surface area contributed by atoms with Gasteiger partial charge in [-0.05, 0) is 42.9 Å². The standard InChI is InChI=1S/C20H20N6O4S/c1-13-5-3-4-6-16(13)19(28)21-11-17-23-25(20(31)24(17)2)12-18(27)22-14-7-9-15(10-8-14)26(29)30/h3-10H,11-12H2,1-2H3,(H,21,28)(H,22,27). The molecule has 1 aromatic heterocycles. The van der Waals surface area contributed by atoms with E-state index in [1.807, 2.05) is 19.1 Å². The van der Waals surface area contributed by atoms with Gasteiger partial charge in [0, 0.05) is 30.4 Å². The average molecular weight is 440 g/mol. The number of anilines is 1. The third kappa shape index (κ3) is 5.20. The molecule has 0 spiro atoms. The molecule has 2 N–H and O–H groups in total. The van der Waals surface area contributed by atoms with Crippen LogP contribution in [0, 0.1) is 21.8 Å². The van der Waals surface area contributed by atoms with Crippen molar-refractivity contribution in [1.29, 1.82) is 0 Å². The Labute approximate surface area is 182 Å². The molecule has 0 unspecified atom stereocenters. The lowest BCUT2D eigenvalue weighted by Crippen LogP contribution is -2.25. The lowest BCUT2D eigenvalue weighted by molar-refractivity contribution is -0.384. The van der Waals surface area contributed by atoms with E-state index >= 15 is 0 Å². The van der Waals surface area contributed by atoms with Gasteiger partial charge in [-0.2, -0.15) is 5.10 Å². The van der Waals surface area contributed by atoms with E-state index in [1.54, 1.807) is 23.7 Å². The number of benzene rings is 2. The number of nitro groups is 1. The summed E-state index contributed by atoms with van der Waals surface area (Å²) in [6.45, 7) is 1.86. The molecule has 10 nitrogen and oxygen atoms in total. The number of aryl methyl sites for hydroxylation is 1. The molecule has 0 bridgehead atoms. The summed E-state index contributed by atoms with van der Waals surface area (Å²) < 4.78 is 3.29. The molecule has 0 aliphatic heterocycles. The van der Waals surface area contributed by atoms with Gasteiger partial charge in [0.1, 0.15) is 6.54 Å². The second-order valence-electron chi connectivity index (χ2n) is 6.77. The molecule has 2 aromatic carbocycles. The number of rotatable bonds is 7. The van der Waals surface area contributed by atoms with Gasteiger partial charge in [-0.25, -0.2) is 4.68 Å². The third-order valence-corrected chi connectivity index (χ3v) is 5.07. The average Bonchev–Trinajstić information content (AvgIpc) is 3.00. The van der Waals surface area contributed by atoms with Crippen molar-refractivity contribution < 1.29 is 14.5 Å². The number of nitrogens with zero attached hydrogens (tertiary/aromatic N) is 4. The van der Waals surface area contributed by atoms with Crippen LogP contribution in [0.1, 0.15) is 21.7 Å². The Balaban J connectivity index is 1.64. The van der Waals surface area contributed by atoms with Crippen molar-refractivity contribution >= 4 is 35.4 Å². The zero-order valence-electron chi connectivity index (χ0n) is 16.9. The maximum Gasteiger partial charge on any atom is 0.269 e. The monoisotopic (exact) mass is 440 g/mol. The molecule has 3 aromatic rings. The van der Waals surface area contributed by atoms with Gasteiger partial charge in [0.15, 0.2) is 10.6 Å². The minimum Gasteiger partial charge on any atom is -0.345 e. The van der Waals surface area contributed by atoms with E-state index in [-0.39, 0.29) is 24.7 Å². The first-order valence-corrected chi connectivity index (χ1v) is 9.68. The zero-order valence-corrected chi connectivity index (χ0v) is 17.7. The first-order chi connectivity index (χ1) is 14.8. The number of carbonyl (C=O) groups excluding carboxylic acids is 2. The van der Waals surface area contributed by atoms with Crippen LogP contribution in [-0.2, 0) is 24.9 Å². The maximum atomic E-state index is 12.4. The Hall–Kier alpha value is -3.86. The summed E-state index contributed by atoms with van der Waals surface area (Å²) in [5.41, 5.74) is 1.79. The normalized spacial score (nSPS) is 10.5. The molecule has 0 atom stereocenters. The van der Waals surface area contributed by atoms with Gasteiger partial charge in [0.25, 0.3) is 11.6 Å². The minimum atomic E-state index is -0.516. The van der Waals surface area contributed by atoms with Crippen LogP contribution in [0.25, 0.3) is 0 Å². The van der Waals surface area contributed by atoms with E-state index in [4.69, 9.17) is 12.2 Å². The first kappa shape index (κ1) is 21.8. The molecule has 11 heteroatoms. The van der Waals surface area contributed by atoms with Crippen molar-refractivity contribution in [3.8, 4) is 0 Å². The van der Waals surface area contributed by atoms with Crippen molar-refractivity contribution in [1.82, 2.24) is 19.7 Å². The van der Waals surface area contributed by atoms with Crippen LogP contribution in [-0.4, -0.2) is 31.1 Å². The molecule has 0 radical (unpaired) electrons. The number of hydrogen-bond donors (Lipinski definition) is 2. The summed E-state index contributed by atoms with van der Waals surface area (Å²) in [7, 11) is 1.70. The van der Waals surface area contributed by atoms with Crippen molar-refractivity contribution in [2.24, 2.45) is 7.05 Å². The molecule has 0 aliphatic carbocycles. The Morgan fingerprint density at radius 1 is 1.16 bits per heavy atom. The van der Waals surface area contributed by atoms with Crippen LogP contribution in [0.5, 0.6) is 0 Å². The highest BCUT2D eigenvalue weighted by molar-refractivity contribution is 7.71. The van der Waals surface area contributed by atoms with Crippen molar-refractivity contribution in [3.63, 3.8) is 0 Å². The van der Waals surface area contributed by atoms with Crippen LogP contribution in [0.3, 0.4) is 0 Å². The molecule has 0 aliphatic rings. The van der Waals surface area contributed by atoms with Gasteiger partial charge >= 0.3 is 0 Å². The molecule has 160 valence electrons. The van der Waals surface area contributed by atoms with E-state index in [1.165, 1.54) is 28.9 Å². The smallest absolute Gasteiger partial charge is 0.269 e. The number of carbonyl (C=O) groups is 2. The Bertz CT molecular complexity index is 1200. The summed E-state index contributed by atoms with van der Waals surface area (Å²) >= 11 is 5.33. The van der Waals surface area contributed by atoms with Crippen LogP contribution >= 0.6 is 12.2 Å². The van der Waals surface area contributed by atoms with Crippen LogP contribution in [0.15, 0.2) is 48.5 Å². The first-order valence-electron chi connectivity index (χ1n) is 9.27. The molecule has 3 rings (SSSR count). The van der Waals surface area contributed by atoms with E-state index < -0.39 is 10.8 Å². The fraction of sp³-hybridized carbons (Fsp3) is 0.200. The van der Waals surface area contributed by atoms with E-state index in [9.17, 15) is 19.7 Å². The van der Waals surface area contributed by atoms with Crippen molar-refractivity contribution in [2.75, 3.05) is 5.32 Å². The second kappa shape index (κ2) is 9.30. The summed E-state index contributed by atoms with van der Waals surface area (Å²) in [6, 6.07) is 12.7. The van der Waals surface area contributed by atoms with E-state index in [0.29, 0.717) is 21.8 Å². The lowest BCUT2D eigenvalue weighted by Gasteiger charge is -2.07. The Morgan fingerprint density at radius 2 is 1.84 bits per heavy atom. The van der Waals surface area contributed by atoms with Gasteiger partial charge in [0.2, 0.25) is 5.91 Å². The highest BCUT2D eigenvalue weighted by Crippen LogP contribution is 2.15. The fourth-order valence-corrected chi connectivity index (χ4v) is 3.09. The van der Waals surface area contributed by atoms with Crippen molar-refractivity contribution in [3.05, 3.63) is 80.4 Å². The van der Waals surface area contributed by atoms with Crippen LogP contribution in [0.4, 0.5) is 11.4 Å². The molecule has 1 heterocycles. The van der Waals surface area contributed by atoms with Gasteiger partial charge in [-0.1, -0.05) is 18.2 Å². The summed E-state index contributed by atoms with van der Waals surface area (Å²) in [5, 5.41) is 20.5. The molecule has 2 amide bonds. The molecule has 0 saturated carbocycles.